The molecule has 2 rings (SSSR count). The maximum atomic E-state index is 9.88. The summed E-state index contributed by atoms with van der Waals surface area (Å²) in [5.41, 5.74) is 9.33. The Morgan fingerprint density at radius 1 is 0.750 bits per heavy atom. The molecule has 1 aliphatic carbocycles. The fourth-order valence-electron chi connectivity index (χ4n) is 2.79. The van der Waals surface area contributed by atoms with Crippen LogP contribution in [0.1, 0.15) is 46.7 Å². The van der Waals surface area contributed by atoms with Crippen molar-refractivity contribution < 1.29 is 5.11 Å². The third-order valence-electron chi connectivity index (χ3n) is 4.24. The second-order valence-corrected chi connectivity index (χ2v) is 4.93. The van der Waals surface area contributed by atoms with Crippen LogP contribution in [0, 0.1) is 27.7 Å². The maximum absolute atomic E-state index is 9.88. The molecule has 1 aromatic rings. The van der Waals surface area contributed by atoms with Crippen LogP contribution in [0.5, 0.6) is 0 Å². The van der Waals surface area contributed by atoms with E-state index in [0.717, 1.165) is 18.4 Å². The summed E-state index contributed by atoms with van der Waals surface area (Å²) in [6.45, 7) is 10.8. The van der Waals surface area contributed by atoms with E-state index in [1.165, 1.54) is 33.4 Å². The van der Waals surface area contributed by atoms with Crippen LogP contribution in [0.2, 0.25) is 0 Å². The lowest BCUT2D eigenvalue weighted by atomic mass is 9.80. The molecule has 1 aromatic carbocycles. The first-order valence-electron chi connectivity index (χ1n) is 5.93. The molecule has 0 radical (unpaired) electrons. The molecule has 0 bridgehead atoms. The molecule has 0 atom stereocenters. The van der Waals surface area contributed by atoms with Crippen LogP contribution in [0.25, 0.3) is 5.57 Å². The Bertz CT molecular complexity index is 493. The molecule has 0 unspecified atom stereocenters. The number of allylic oxidation sites excluding steroid dienone is 2. The SMILES string of the molecule is CC1=C(O)CCc2c(C)c(C)c(C)c(C)c21. The summed E-state index contributed by atoms with van der Waals surface area (Å²) in [7, 11) is 0. The van der Waals surface area contributed by atoms with Crippen LogP contribution in [-0.4, -0.2) is 5.11 Å². The first kappa shape index (κ1) is 11.3. The van der Waals surface area contributed by atoms with Crippen molar-refractivity contribution in [3.05, 3.63) is 39.1 Å². The molecule has 16 heavy (non-hydrogen) atoms. The highest BCUT2D eigenvalue weighted by molar-refractivity contribution is 5.75. The molecule has 0 saturated carbocycles. The Hall–Kier alpha value is -1.24. The van der Waals surface area contributed by atoms with Crippen molar-refractivity contribution in [2.45, 2.75) is 47.5 Å². The van der Waals surface area contributed by atoms with Crippen molar-refractivity contribution in [1.29, 1.82) is 0 Å². The largest absolute Gasteiger partial charge is 0.512 e. The van der Waals surface area contributed by atoms with Crippen molar-refractivity contribution in [3.63, 3.8) is 0 Å². The molecule has 1 heteroatoms. The third kappa shape index (κ3) is 1.38. The van der Waals surface area contributed by atoms with Crippen LogP contribution < -0.4 is 0 Å². The zero-order valence-electron chi connectivity index (χ0n) is 10.9. The van der Waals surface area contributed by atoms with Crippen LogP contribution in [0.4, 0.5) is 0 Å². The van der Waals surface area contributed by atoms with Crippen LogP contribution in [0.15, 0.2) is 5.76 Å². The summed E-state index contributed by atoms with van der Waals surface area (Å²) in [6, 6.07) is 0. The van der Waals surface area contributed by atoms with Gasteiger partial charge in [-0.15, -0.1) is 0 Å². The Morgan fingerprint density at radius 3 is 1.94 bits per heavy atom. The second-order valence-electron chi connectivity index (χ2n) is 4.93. The average molecular weight is 216 g/mol. The highest BCUT2D eigenvalue weighted by Crippen LogP contribution is 2.37. The van der Waals surface area contributed by atoms with E-state index in [1.807, 2.05) is 6.92 Å². The fourth-order valence-corrected chi connectivity index (χ4v) is 2.79. The predicted octanol–water partition coefficient (Wildman–Crippen LogP) is 4.16. The van der Waals surface area contributed by atoms with Gasteiger partial charge in [-0.3, -0.25) is 0 Å². The summed E-state index contributed by atoms with van der Waals surface area (Å²) in [5, 5.41) is 9.88. The zero-order valence-corrected chi connectivity index (χ0v) is 10.9. The Balaban J connectivity index is 2.85. The van der Waals surface area contributed by atoms with Gasteiger partial charge in [0.25, 0.3) is 0 Å². The van der Waals surface area contributed by atoms with Gasteiger partial charge in [-0.05, 0) is 80.0 Å². The smallest absolute Gasteiger partial charge is 0.0961 e. The normalized spacial score (nSPS) is 15.3. The highest BCUT2D eigenvalue weighted by atomic mass is 16.3. The van der Waals surface area contributed by atoms with Gasteiger partial charge in [-0.2, -0.15) is 0 Å². The van der Waals surface area contributed by atoms with E-state index in [0.29, 0.717) is 5.76 Å². The third-order valence-corrected chi connectivity index (χ3v) is 4.24. The van der Waals surface area contributed by atoms with Crippen molar-refractivity contribution >= 4 is 5.57 Å². The lowest BCUT2D eigenvalue weighted by Gasteiger charge is -2.25. The van der Waals surface area contributed by atoms with E-state index in [4.69, 9.17) is 0 Å². The monoisotopic (exact) mass is 216 g/mol. The van der Waals surface area contributed by atoms with Gasteiger partial charge in [-0.1, -0.05) is 0 Å². The standard InChI is InChI=1S/C15H20O/c1-8-9(2)11(4)15-12(5)14(16)7-6-13(15)10(8)3/h16H,6-7H2,1-5H3. The summed E-state index contributed by atoms with van der Waals surface area (Å²) in [4.78, 5) is 0. The molecule has 0 heterocycles. The molecule has 0 aliphatic heterocycles. The average Bonchev–Trinajstić information content (AvgIpc) is 2.27. The van der Waals surface area contributed by atoms with Crippen LogP contribution in [-0.2, 0) is 6.42 Å². The van der Waals surface area contributed by atoms with Gasteiger partial charge in [0.2, 0.25) is 0 Å². The molecule has 0 spiro atoms. The van der Waals surface area contributed by atoms with E-state index in [9.17, 15) is 5.11 Å². The van der Waals surface area contributed by atoms with E-state index in [-0.39, 0.29) is 0 Å². The number of rotatable bonds is 0. The number of fused-ring (bicyclic) bond motifs is 1. The Morgan fingerprint density at radius 2 is 1.31 bits per heavy atom. The molecule has 1 nitrogen and oxygen atoms in total. The summed E-state index contributed by atoms with van der Waals surface area (Å²) < 4.78 is 0. The van der Waals surface area contributed by atoms with Gasteiger partial charge >= 0.3 is 0 Å². The molecular formula is C15H20O. The van der Waals surface area contributed by atoms with Crippen LogP contribution in [0.3, 0.4) is 0 Å². The number of aliphatic hydroxyl groups excluding tert-OH is 1. The fraction of sp³-hybridized carbons (Fsp3) is 0.467. The van der Waals surface area contributed by atoms with Gasteiger partial charge in [0, 0.05) is 6.42 Å². The molecule has 86 valence electrons. The molecule has 0 fully saturated rings. The van der Waals surface area contributed by atoms with Crippen molar-refractivity contribution in [1.82, 2.24) is 0 Å². The van der Waals surface area contributed by atoms with Crippen molar-refractivity contribution in [2.75, 3.05) is 0 Å². The molecule has 0 amide bonds. The van der Waals surface area contributed by atoms with E-state index < -0.39 is 0 Å². The van der Waals surface area contributed by atoms with E-state index in [1.54, 1.807) is 0 Å². The number of aliphatic hydroxyl groups is 1. The Labute approximate surface area is 97.8 Å². The maximum Gasteiger partial charge on any atom is 0.0961 e. The highest BCUT2D eigenvalue weighted by Gasteiger charge is 2.21. The minimum absolute atomic E-state index is 0.568. The molecule has 1 N–H and O–H groups in total. The number of benzene rings is 1. The first-order valence-corrected chi connectivity index (χ1v) is 5.93. The molecule has 1 aliphatic rings. The quantitative estimate of drug-likeness (QED) is 0.690. The summed E-state index contributed by atoms with van der Waals surface area (Å²) in [6.07, 6.45) is 1.77. The van der Waals surface area contributed by atoms with Gasteiger partial charge in [0.05, 0.1) is 5.76 Å². The lowest BCUT2D eigenvalue weighted by Crippen LogP contribution is -2.10. The minimum atomic E-state index is 0.568. The lowest BCUT2D eigenvalue weighted by molar-refractivity contribution is 0.387. The summed E-state index contributed by atoms with van der Waals surface area (Å²) >= 11 is 0. The van der Waals surface area contributed by atoms with Crippen molar-refractivity contribution in [3.8, 4) is 0 Å². The number of hydrogen-bond donors (Lipinski definition) is 1. The van der Waals surface area contributed by atoms with E-state index in [2.05, 4.69) is 27.7 Å². The molecule has 0 saturated heterocycles. The topological polar surface area (TPSA) is 20.2 Å². The van der Waals surface area contributed by atoms with Gasteiger partial charge in [-0.25, -0.2) is 0 Å². The molecule has 0 aromatic heterocycles. The zero-order chi connectivity index (χ0) is 12.0. The van der Waals surface area contributed by atoms with Crippen molar-refractivity contribution in [2.24, 2.45) is 0 Å². The van der Waals surface area contributed by atoms with E-state index >= 15 is 0 Å². The molecular weight excluding hydrogens is 196 g/mol. The Kier molecular flexibility index (Phi) is 2.57. The number of hydrogen-bond acceptors (Lipinski definition) is 1. The summed E-state index contributed by atoms with van der Waals surface area (Å²) in [5.74, 6) is 0.568. The van der Waals surface area contributed by atoms with Gasteiger partial charge in [0.1, 0.15) is 0 Å². The van der Waals surface area contributed by atoms with Gasteiger partial charge in [0.15, 0.2) is 0 Å². The minimum Gasteiger partial charge on any atom is -0.512 e. The van der Waals surface area contributed by atoms with Gasteiger partial charge < -0.3 is 5.11 Å². The second kappa shape index (κ2) is 3.65. The first-order chi connectivity index (χ1) is 7.45. The predicted molar refractivity (Wildman–Crippen MR) is 68.9 cm³/mol. The van der Waals surface area contributed by atoms with Crippen LogP contribution >= 0.6 is 0 Å².